The smallest absolute Gasteiger partial charge is 0.347 e. The molecular formula is C18H18N8O. The number of benzene rings is 1. The highest BCUT2D eigenvalue weighted by atomic mass is 16.1. The van der Waals surface area contributed by atoms with Gasteiger partial charge in [0.25, 0.3) is 0 Å². The highest BCUT2D eigenvalue weighted by Crippen LogP contribution is 2.30. The van der Waals surface area contributed by atoms with Crippen molar-refractivity contribution >= 4 is 17.0 Å². The fraction of sp³-hybridized carbons (Fsp3) is 0.278. The second kappa shape index (κ2) is 6.35. The van der Waals surface area contributed by atoms with E-state index in [0.717, 1.165) is 48.8 Å². The van der Waals surface area contributed by atoms with Gasteiger partial charge >= 0.3 is 5.69 Å². The number of rotatable bonds is 3. The summed E-state index contributed by atoms with van der Waals surface area (Å²) >= 11 is 0. The molecule has 1 unspecified atom stereocenters. The molecule has 0 radical (unpaired) electrons. The van der Waals surface area contributed by atoms with Crippen LogP contribution < -0.4 is 10.6 Å². The quantitative estimate of drug-likeness (QED) is 0.573. The van der Waals surface area contributed by atoms with Crippen molar-refractivity contribution in [3.63, 3.8) is 0 Å². The van der Waals surface area contributed by atoms with Gasteiger partial charge in [-0.1, -0.05) is 18.2 Å². The van der Waals surface area contributed by atoms with E-state index in [-0.39, 0.29) is 11.6 Å². The van der Waals surface area contributed by atoms with E-state index in [1.165, 1.54) is 6.33 Å². The minimum Gasteiger partial charge on any atom is -0.354 e. The van der Waals surface area contributed by atoms with E-state index in [1.807, 2.05) is 30.3 Å². The largest absolute Gasteiger partial charge is 0.354 e. The monoisotopic (exact) mass is 362 g/mol. The van der Waals surface area contributed by atoms with Crippen LogP contribution in [0.15, 0.2) is 47.8 Å². The number of nitrogens with zero attached hydrogens (tertiary/aromatic N) is 6. The summed E-state index contributed by atoms with van der Waals surface area (Å²) < 4.78 is 1.67. The Morgan fingerprint density at radius 1 is 1.11 bits per heavy atom. The van der Waals surface area contributed by atoms with Gasteiger partial charge in [0.15, 0.2) is 11.5 Å². The lowest BCUT2D eigenvalue weighted by atomic mass is 9.97. The standard InChI is InChI=1S/C18H18N8O/c27-18-24-23-16(26(18)13-6-2-1-3-7-13)12-5-4-8-25(9-12)17-14-15(20-10-19-14)21-11-22-17/h1-3,6-7,10-12H,4-5,8-9H2,(H,24,27)(H,19,20,21,22). The summed E-state index contributed by atoms with van der Waals surface area (Å²) in [5, 5.41) is 6.95. The third kappa shape index (κ3) is 2.67. The summed E-state index contributed by atoms with van der Waals surface area (Å²) in [6.07, 6.45) is 5.12. The maximum atomic E-state index is 12.4. The van der Waals surface area contributed by atoms with Crippen LogP contribution in [0.4, 0.5) is 5.82 Å². The van der Waals surface area contributed by atoms with E-state index in [1.54, 1.807) is 10.9 Å². The molecule has 1 saturated heterocycles. The van der Waals surface area contributed by atoms with Gasteiger partial charge in [-0.05, 0) is 25.0 Å². The number of nitrogens with one attached hydrogen (secondary N) is 2. The topological polar surface area (TPSA) is 108 Å². The zero-order valence-electron chi connectivity index (χ0n) is 14.5. The SMILES string of the molecule is O=c1[nH]nc(C2CCCN(c3ncnc4nc[nH]c34)C2)n1-c1ccccc1. The summed E-state index contributed by atoms with van der Waals surface area (Å²) in [6.45, 7) is 1.61. The molecule has 4 aromatic rings. The number of para-hydroxylation sites is 1. The molecule has 0 bridgehead atoms. The van der Waals surface area contributed by atoms with Gasteiger partial charge in [-0.2, -0.15) is 5.10 Å². The van der Waals surface area contributed by atoms with Crippen LogP contribution in [0.25, 0.3) is 16.9 Å². The Bertz CT molecular complexity index is 1130. The molecule has 0 aliphatic carbocycles. The highest BCUT2D eigenvalue weighted by molar-refractivity contribution is 5.82. The van der Waals surface area contributed by atoms with Crippen LogP contribution in [-0.4, -0.2) is 47.8 Å². The first-order valence-corrected chi connectivity index (χ1v) is 8.93. The Morgan fingerprint density at radius 3 is 2.89 bits per heavy atom. The lowest BCUT2D eigenvalue weighted by Gasteiger charge is -2.33. The molecule has 1 atom stereocenters. The Morgan fingerprint density at radius 2 is 2.00 bits per heavy atom. The molecule has 3 aromatic heterocycles. The first-order chi connectivity index (χ1) is 13.3. The molecular weight excluding hydrogens is 344 g/mol. The number of aromatic nitrogens is 7. The molecule has 1 aliphatic heterocycles. The number of piperidine rings is 1. The van der Waals surface area contributed by atoms with Crippen LogP contribution in [0.5, 0.6) is 0 Å². The number of hydrogen-bond donors (Lipinski definition) is 2. The Balaban J connectivity index is 1.51. The van der Waals surface area contributed by atoms with E-state index in [4.69, 9.17) is 0 Å². The van der Waals surface area contributed by atoms with Crippen LogP contribution in [0.2, 0.25) is 0 Å². The van der Waals surface area contributed by atoms with Crippen molar-refractivity contribution in [2.24, 2.45) is 0 Å². The van der Waals surface area contributed by atoms with Gasteiger partial charge in [-0.25, -0.2) is 29.4 Å². The molecule has 1 aromatic carbocycles. The predicted molar refractivity (Wildman–Crippen MR) is 100 cm³/mol. The average Bonchev–Trinajstić information content (AvgIpc) is 3.35. The molecule has 0 spiro atoms. The molecule has 0 saturated carbocycles. The molecule has 2 N–H and O–H groups in total. The van der Waals surface area contributed by atoms with Crippen molar-refractivity contribution < 1.29 is 0 Å². The van der Waals surface area contributed by atoms with Crippen molar-refractivity contribution in [3.05, 3.63) is 59.3 Å². The highest BCUT2D eigenvalue weighted by Gasteiger charge is 2.28. The molecule has 1 aliphatic rings. The van der Waals surface area contributed by atoms with E-state index in [9.17, 15) is 4.79 Å². The molecule has 1 fully saturated rings. The van der Waals surface area contributed by atoms with Crippen molar-refractivity contribution in [2.75, 3.05) is 18.0 Å². The second-order valence-electron chi connectivity index (χ2n) is 6.64. The Labute approximate surface area is 154 Å². The summed E-state index contributed by atoms with van der Waals surface area (Å²) in [6, 6.07) is 9.60. The van der Waals surface area contributed by atoms with Crippen molar-refractivity contribution in [2.45, 2.75) is 18.8 Å². The van der Waals surface area contributed by atoms with Gasteiger partial charge in [-0.3, -0.25) is 0 Å². The zero-order valence-corrected chi connectivity index (χ0v) is 14.5. The minimum absolute atomic E-state index is 0.117. The molecule has 5 rings (SSSR count). The molecule has 4 heterocycles. The number of aromatic amines is 2. The Kier molecular flexibility index (Phi) is 3.70. The number of fused-ring (bicyclic) bond motifs is 1. The zero-order chi connectivity index (χ0) is 18.2. The van der Waals surface area contributed by atoms with Crippen LogP contribution in [0, 0.1) is 0 Å². The van der Waals surface area contributed by atoms with E-state index < -0.39 is 0 Å². The first kappa shape index (κ1) is 15.7. The predicted octanol–water partition coefficient (Wildman–Crippen LogP) is 1.61. The van der Waals surface area contributed by atoms with E-state index >= 15 is 0 Å². The molecule has 9 heteroatoms. The van der Waals surface area contributed by atoms with Gasteiger partial charge in [0.1, 0.15) is 17.7 Å². The molecule has 27 heavy (non-hydrogen) atoms. The van der Waals surface area contributed by atoms with Gasteiger partial charge in [0.2, 0.25) is 0 Å². The van der Waals surface area contributed by atoms with Crippen LogP contribution >= 0.6 is 0 Å². The third-order valence-electron chi connectivity index (χ3n) is 5.00. The van der Waals surface area contributed by atoms with Gasteiger partial charge < -0.3 is 9.88 Å². The van der Waals surface area contributed by atoms with Crippen molar-refractivity contribution in [1.29, 1.82) is 0 Å². The van der Waals surface area contributed by atoms with Gasteiger partial charge in [0.05, 0.1) is 12.0 Å². The van der Waals surface area contributed by atoms with Crippen molar-refractivity contribution in [3.8, 4) is 5.69 Å². The van der Waals surface area contributed by atoms with E-state index in [0.29, 0.717) is 5.65 Å². The van der Waals surface area contributed by atoms with Crippen LogP contribution in [0.1, 0.15) is 24.6 Å². The average molecular weight is 362 g/mol. The lowest BCUT2D eigenvalue weighted by Crippen LogP contribution is -2.36. The number of hydrogen-bond acceptors (Lipinski definition) is 6. The third-order valence-corrected chi connectivity index (χ3v) is 5.00. The molecule has 136 valence electrons. The first-order valence-electron chi connectivity index (χ1n) is 8.93. The van der Waals surface area contributed by atoms with Gasteiger partial charge in [-0.15, -0.1) is 0 Å². The lowest BCUT2D eigenvalue weighted by molar-refractivity contribution is 0.483. The number of H-pyrrole nitrogens is 2. The second-order valence-corrected chi connectivity index (χ2v) is 6.64. The fourth-order valence-corrected chi connectivity index (χ4v) is 3.78. The Hall–Kier alpha value is -3.49. The van der Waals surface area contributed by atoms with Crippen molar-refractivity contribution in [1.82, 2.24) is 34.7 Å². The maximum absolute atomic E-state index is 12.4. The van der Waals surface area contributed by atoms with E-state index in [2.05, 4.69) is 35.0 Å². The number of anilines is 1. The maximum Gasteiger partial charge on any atom is 0.347 e. The minimum atomic E-state index is -0.216. The summed E-state index contributed by atoms with van der Waals surface area (Å²) in [7, 11) is 0. The summed E-state index contributed by atoms with van der Waals surface area (Å²) in [4.78, 5) is 30.6. The fourth-order valence-electron chi connectivity index (χ4n) is 3.78. The molecule has 0 amide bonds. The normalized spacial score (nSPS) is 17.5. The molecule has 9 nitrogen and oxygen atoms in total. The van der Waals surface area contributed by atoms with Crippen LogP contribution in [-0.2, 0) is 0 Å². The summed E-state index contributed by atoms with van der Waals surface area (Å²) in [5.41, 5.74) is 2.09. The number of imidazole rings is 1. The van der Waals surface area contributed by atoms with Gasteiger partial charge in [0, 0.05) is 19.0 Å². The van der Waals surface area contributed by atoms with Crippen LogP contribution in [0.3, 0.4) is 0 Å². The summed E-state index contributed by atoms with van der Waals surface area (Å²) in [5.74, 6) is 1.71.